The molecule has 1 unspecified atom stereocenters. The second-order valence-electron chi connectivity index (χ2n) is 6.00. The fourth-order valence-corrected chi connectivity index (χ4v) is 4.16. The lowest BCUT2D eigenvalue weighted by molar-refractivity contribution is 0.807. The van der Waals surface area contributed by atoms with Crippen molar-refractivity contribution in [2.45, 2.75) is 18.2 Å². The summed E-state index contributed by atoms with van der Waals surface area (Å²) in [6.45, 7) is 8.90. The third-order valence-electron chi connectivity index (χ3n) is 4.34. The molecule has 0 radical (unpaired) electrons. The molecule has 0 bridgehead atoms. The summed E-state index contributed by atoms with van der Waals surface area (Å²) in [5.41, 5.74) is 4.72. The van der Waals surface area contributed by atoms with E-state index in [1.54, 1.807) is 11.8 Å². The average Bonchev–Trinajstić information content (AvgIpc) is 3.13. The summed E-state index contributed by atoms with van der Waals surface area (Å²) in [7, 11) is 0. The molecule has 4 heteroatoms. The van der Waals surface area contributed by atoms with Crippen molar-refractivity contribution in [3.05, 3.63) is 90.0 Å². The van der Waals surface area contributed by atoms with Crippen molar-refractivity contribution in [3.8, 4) is 0 Å². The Balaban J connectivity index is 1.64. The zero-order chi connectivity index (χ0) is 16.5. The molecule has 3 nitrogen and oxygen atoms in total. The van der Waals surface area contributed by atoms with E-state index in [0.717, 1.165) is 29.4 Å². The third-order valence-corrected chi connectivity index (χ3v) is 5.46. The van der Waals surface area contributed by atoms with Crippen LogP contribution in [-0.4, -0.2) is 14.8 Å². The van der Waals surface area contributed by atoms with Crippen LogP contribution in [0.1, 0.15) is 11.3 Å². The van der Waals surface area contributed by atoms with Crippen LogP contribution in [-0.2, 0) is 13.0 Å². The van der Waals surface area contributed by atoms with Gasteiger partial charge >= 0.3 is 0 Å². The SMILES string of the molecule is C=C1NC(=C)C(Cc2cccc3c2ccn3Cc2ccccn2)S1. The Morgan fingerprint density at radius 1 is 1.12 bits per heavy atom. The Labute approximate surface area is 146 Å². The number of nitrogens with zero attached hydrogens (tertiary/aromatic N) is 2. The van der Waals surface area contributed by atoms with Gasteiger partial charge in [0.25, 0.3) is 0 Å². The number of rotatable bonds is 4. The highest BCUT2D eigenvalue weighted by atomic mass is 32.2. The van der Waals surface area contributed by atoms with E-state index in [1.165, 1.54) is 16.5 Å². The van der Waals surface area contributed by atoms with Gasteiger partial charge in [-0.3, -0.25) is 4.98 Å². The standard InChI is InChI=1S/C20H19N3S/c1-14-20(24-15(2)22-14)12-16-6-5-8-19-18(16)9-11-23(19)13-17-7-3-4-10-21-17/h3-11,20,22H,1-2,12-13H2. The van der Waals surface area contributed by atoms with E-state index >= 15 is 0 Å². The van der Waals surface area contributed by atoms with Crippen LogP contribution in [0.15, 0.2) is 78.7 Å². The Bertz CT molecular complexity index is 911. The van der Waals surface area contributed by atoms with E-state index in [0.29, 0.717) is 5.25 Å². The summed E-state index contributed by atoms with van der Waals surface area (Å²) < 4.78 is 2.26. The topological polar surface area (TPSA) is 29.9 Å². The molecule has 2 aromatic heterocycles. The van der Waals surface area contributed by atoms with Gasteiger partial charge in [-0.25, -0.2) is 0 Å². The fraction of sp³-hybridized carbons (Fsp3) is 0.150. The highest BCUT2D eigenvalue weighted by Crippen LogP contribution is 2.34. The normalized spacial score (nSPS) is 17.4. The molecule has 1 aliphatic rings. The van der Waals surface area contributed by atoms with E-state index in [4.69, 9.17) is 0 Å². The van der Waals surface area contributed by atoms with Gasteiger partial charge in [0.1, 0.15) is 0 Å². The summed E-state index contributed by atoms with van der Waals surface area (Å²) in [5, 5.41) is 5.88. The van der Waals surface area contributed by atoms with Gasteiger partial charge in [-0.05, 0) is 36.2 Å². The molecule has 3 heterocycles. The smallest absolute Gasteiger partial charge is 0.0656 e. The van der Waals surface area contributed by atoms with E-state index in [9.17, 15) is 0 Å². The minimum absolute atomic E-state index is 0.349. The quantitative estimate of drug-likeness (QED) is 0.771. The van der Waals surface area contributed by atoms with Crippen molar-refractivity contribution in [1.29, 1.82) is 0 Å². The van der Waals surface area contributed by atoms with Gasteiger partial charge in [0.05, 0.1) is 22.5 Å². The molecular formula is C20H19N3S. The number of pyridine rings is 1. The zero-order valence-corrected chi connectivity index (χ0v) is 14.2. The van der Waals surface area contributed by atoms with Crippen LogP contribution in [0.4, 0.5) is 0 Å². The summed E-state index contributed by atoms with van der Waals surface area (Å²) in [6.07, 6.45) is 4.95. The summed E-state index contributed by atoms with van der Waals surface area (Å²) in [6, 6.07) is 14.8. The number of fused-ring (bicyclic) bond motifs is 1. The first-order valence-corrected chi connectivity index (χ1v) is 8.87. The Hall–Kier alpha value is -2.46. The van der Waals surface area contributed by atoms with Crippen LogP contribution >= 0.6 is 11.8 Å². The van der Waals surface area contributed by atoms with Crippen LogP contribution in [0.2, 0.25) is 0 Å². The highest BCUT2D eigenvalue weighted by Gasteiger charge is 2.23. The van der Waals surface area contributed by atoms with Crippen molar-refractivity contribution in [1.82, 2.24) is 14.9 Å². The summed E-state index contributed by atoms with van der Waals surface area (Å²) in [5.74, 6) is 0. The lowest BCUT2D eigenvalue weighted by Gasteiger charge is -2.11. The number of aromatic nitrogens is 2. The van der Waals surface area contributed by atoms with E-state index < -0.39 is 0 Å². The van der Waals surface area contributed by atoms with Crippen molar-refractivity contribution in [2.24, 2.45) is 0 Å². The number of hydrogen-bond donors (Lipinski definition) is 1. The van der Waals surface area contributed by atoms with E-state index in [2.05, 4.69) is 64.6 Å². The summed E-state index contributed by atoms with van der Waals surface area (Å²) in [4.78, 5) is 4.43. The van der Waals surface area contributed by atoms with Crippen molar-refractivity contribution in [2.75, 3.05) is 0 Å². The predicted octanol–water partition coefficient (Wildman–Crippen LogP) is 4.32. The molecule has 1 atom stereocenters. The second-order valence-corrected chi connectivity index (χ2v) is 7.30. The maximum absolute atomic E-state index is 4.43. The molecule has 0 saturated carbocycles. The largest absolute Gasteiger partial charge is 0.354 e. The van der Waals surface area contributed by atoms with Crippen molar-refractivity contribution >= 4 is 22.7 Å². The lowest BCUT2D eigenvalue weighted by atomic mass is 10.0. The maximum Gasteiger partial charge on any atom is 0.0656 e. The zero-order valence-electron chi connectivity index (χ0n) is 13.4. The van der Waals surface area contributed by atoms with E-state index in [-0.39, 0.29) is 0 Å². The Morgan fingerprint density at radius 2 is 2.04 bits per heavy atom. The minimum atomic E-state index is 0.349. The molecule has 0 spiro atoms. The maximum atomic E-state index is 4.43. The first-order chi connectivity index (χ1) is 11.7. The molecule has 1 fully saturated rings. The fourth-order valence-electron chi connectivity index (χ4n) is 3.17. The highest BCUT2D eigenvalue weighted by molar-refractivity contribution is 8.04. The molecule has 3 aromatic rings. The lowest BCUT2D eigenvalue weighted by Crippen LogP contribution is -2.11. The monoisotopic (exact) mass is 333 g/mol. The van der Waals surface area contributed by atoms with Gasteiger partial charge in [-0.15, -0.1) is 0 Å². The van der Waals surface area contributed by atoms with Gasteiger partial charge in [0.15, 0.2) is 0 Å². The molecular weight excluding hydrogens is 314 g/mol. The van der Waals surface area contributed by atoms with Crippen LogP contribution in [0, 0.1) is 0 Å². The number of benzene rings is 1. The Morgan fingerprint density at radius 3 is 2.79 bits per heavy atom. The number of thioether (sulfide) groups is 1. The molecule has 0 aliphatic carbocycles. The molecule has 1 N–H and O–H groups in total. The molecule has 1 aliphatic heterocycles. The molecule has 0 amide bonds. The number of hydrogen-bond acceptors (Lipinski definition) is 3. The van der Waals surface area contributed by atoms with Crippen LogP contribution in [0.3, 0.4) is 0 Å². The van der Waals surface area contributed by atoms with Gasteiger partial charge in [-0.1, -0.05) is 43.1 Å². The van der Waals surface area contributed by atoms with Gasteiger partial charge < -0.3 is 9.88 Å². The van der Waals surface area contributed by atoms with Crippen molar-refractivity contribution < 1.29 is 0 Å². The first-order valence-electron chi connectivity index (χ1n) is 7.99. The third kappa shape index (κ3) is 2.85. The summed E-state index contributed by atoms with van der Waals surface area (Å²) >= 11 is 1.76. The Kier molecular flexibility index (Phi) is 3.90. The average molecular weight is 333 g/mol. The molecule has 4 rings (SSSR count). The van der Waals surface area contributed by atoms with Gasteiger partial charge in [0, 0.05) is 29.0 Å². The molecule has 120 valence electrons. The molecule has 1 aromatic carbocycles. The van der Waals surface area contributed by atoms with Gasteiger partial charge in [-0.2, -0.15) is 0 Å². The predicted molar refractivity (Wildman–Crippen MR) is 102 cm³/mol. The van der Waals surface area contributed by atoms with Gasteiger partial charge in [0.2, 0.25) is 0 Å². The van der Waals surface area contributed by atoms with E-state index in [1.807, 2.05) is 18.3 Å². The molecule has 24 heavy (non-hydrogen) atoms. The van der Waals surface area contributed by atoms with Crippen LogP contribution in [0.5, 0.6) is 0 Å². The van der Waals surface area contributed by atoms with Crippen LogP contribution < -0.4 is 5.32 Å². The van der Waals surface area contributed by atoms with Crippen molar-refractivity contribution in [3.63, 3.8) is 0 Å². The second kappa shape index (κ2) is 6.21. The first kappa shape index (κ1) is 15.1. The number of nitrogens with one attached hydrogen (secondary N) is 1. The van der Waals surface area contributed by atoms with Crippen LogP contribution in [0.25, 0.3) is 10.9 Å². The molecule has 1 saturated heterocycles. The minimum Gasteiger partial charge on any atom is -0.354 e.